The lowest BCUT2D eigenvalue weighted by Gasteiger charge is -2.19. The van der Waals surface area contributed by atoms with Gasteiger partial charge in [0, 0.05) is 0 Å². The van der Waals surface area contributed by atoms with Crippen LogP contribution in [-0.2, 0) is 0 Å². The van der Waals surface area contributed by atoms with E-state index < -0.39 is 0 Å². The summed E-state index contributed by atoms with van der Waals surface area (Å²) >= 11 is 0. The SMILES string of the molecule is C(=Cc1ccccc1)CC1CCCCC1. The second kappa shape index (κ2) is 5.75. The monoisotopic (exact) mass is 200 g/mol. The molecule has 0 unspecified atom stereocenters. The van der Waals surface area contributed by atoms with Gasteiger partial charge in [0.25, 0.3) is 0 Å². The molecule has 1 aromatic rings. The highest BCUT2D eigenvalue weighted by molar-refractivity contribution is 5.48. The number of hydrogen-bond acceptors (Lipinski definition) is 0. The predicted molar refractivity (Wildman–Crippen MR) is 66.7 cm³/mol. The van der Waals surface area contributed by atoms with E-state index in [0.717, 1.165) is 5.92 Å². The summed E-state index contributed by atoms with van der Waals surface area (Å²) in [6.07, 6.45) is 13.1. The maximum absolute atomic E-state index is 2.35. The summed E-state index contributed by atoms with van der Waals surface area (Å²) in [5.41, 5.74) is 1.33. The van der Waals surface area contributed by atoms with Gasteiger partial charge in [0.05, 0.1) is 0 Å². The Bertz CT molecular complexity index is 291. The van der Waals surface area contributed by atoms with Gasteiger partial charge >= 0.3 is 0 Å². The Balaban J connectivity index is 1.79. The topological polar surface area (TPSA) is 0 Å². The van der Waals surface area contributed by atoms with E-state index in [1.165, 1.54) is 44.1 Å². The average molecular weight is 200 g/mol. The van der Waals surface area contributed by atoms with Crippen LogP contribution in [0.2, 0.25) is 0 Å². The van der Waals surface area contributed by atoms with Crippen LogP contribution >= 0.6 is 0 Å². The molecule has 1 fully saturated rings. The number of allylic oxidation sites excluding steroid dienone is 1. The van der Waals surface area contributed by atoms with Crippen LogP contribution in [0.5, 0.6) is 0 Å². The molecule has 1 saturated carbocycles. The van der Waals surface area contributed by atoms with E-state index in [4.69, 9.17) is 0 Å². The van der Waals surface area contributed by atoms with Gasteiger partial charge in [-0.15, -0.1) is 0 Å². The zero-order valence-corrected chi connectivity index (χ0v) is 9.36. The van der Waals surface area contributed by atoms with E-state index in [1.807, 2.05) is 0 Å². The first-order valence-corrected chi connectivity index (χ1v) is 6.17. The third-order valence-electron chi connectivity index (χ3n) is 3.30. The highest BCUT2D eigenvalue weighted by Gasteiger charge is 2.10. The van der Waals surface area contributed by atoms with E-state index in [1.54, 1.807) is 0 Å². The normalized spacial score (nSPS) is 18.4. The summed E-state index contributed by atoms with van der Waals surface area (Å²) in [6.45, 7) is 0. The molecule has 0 atom stereocenters. The van der Waals surface area contributed by atoms with E-state index in [-0.39, 0.29) is 0 Å². The molecule has 0 aromatic heterocycles. The lowest BCUT2D eigenvalue weighted by Crippen LogP contribution is -2.04. The number of benzene rings is 1. The molecule has 0 saturated heterocycles. The van der Waals surface area contributed by atoms with Crippen LogP contribution in [0, 0.1) is 5.92 Å². The Morgan fingerprint density at radius 3 is 2.47 bits per heavy atom. The van der Waals surface area contributed by atoms with Crippen molar-refractivity contribution in [3.8, 4) is 0 Å². The van der Waals surface area contributed by atoms with Crippen LogP contribution in [-0.4, -0.2) is 0 Å². The predicted octanol–water partition coefficient (Wildman–Crippen LogP) is 4.67. The molecule has 2 rings (SSSR count). The van der Waals surface area contributed by atoms with Crippen LogP contribution in [0.15, 0.2) is 36.4 Å². The molecule has 15 heavy (non-hydrogen) atoms. The molecule has 0 heteroatoms. The quantitative estimate of drug-likeness (QED) is 0.665. The molecule has 1 aromatic carbocycles. The maximum atomic E-state index is 2.35. The first-order valence-electron chi connectivity index (χ1n) is 6.17. The second-order valence-corrected chi connectivity index (χ2v) is 4.55. The van der Waals surface area contributed by atoms with Gasteiger partial charge in [-0.3, -0.25) is 0 Å². The standard InChI is InChI=1S/C15H20/c1-3-8-14(9-4-1)12-7-13-15-10-5-2-6-11-15/h1,3-4,7-9,12,15H,2,5-6,10-11,13H2. The Morgan fingerprint density at radius 2 is 1.73 bits per heavy atom. The molecule has 0 nitrogen and oxygen atoms in total. The van der Waals surface area contributed by atoms with Crippen LogP contribution in [0.1, 0.15) is 44.1 Å². The Morgan fingerprint density at radius 1 is 1.00 bits per heavy atom. The van der Waals surface area contributed by atoms with Crippen LogP contribution in [0.3, 0.4) is 0 Å². The summed E-state index contributed by atoms with van der Waals surface area (Å²) in [5, 5.41) is 0. The average Bonchev–Trinajstić information content (AvgIpc) is 2.32. The van der Waals surface area contributed by atoms with Crippen molar-refractivity contribution in [2.45, 2.75) is 38.5 Å². The first kappa shape index (κ1) is 10.5. The van der Waals surface area contributed by atoms with Gasteiger partial charge in [0.1, 0.15) is 0 Å². The van der Waals surface area contributed by atoms with Gasteiger partial charge in [-0.25, -0.2) is 0 Å². The molecule has 0 bridgehead atoms. The highest BCUT2D eigenvalue weighted by atomic mass is 14.2. The summed E-state index contributed by atoms with van der Waals surface area (Å²) < 4.78 is 0. The van der Waals surface area contributed by atoms with Gasteiger partial charge in [0.2, 0.25) is 0 Å². The van der Waals surface area contributed by atoms with Crippen molar-refractivity contribution in [2.75, 3.05) is 0 Å². The summed E-state index contributed by atoms with van der Waals surface area (Å²) in [4.78, 5) is 0. The third kappa shape index (κ3) is 3.54. The zero-order valence-electron chi connectivity index (χ0n) is 9.36. The van der Waals surface area contributed by atoms with Gasteiger partial charge < -0.3 is 0 Å². The van der Waals surface area contributed by atoms with Crippen molar-refractivity contribution < 1.29 is 0 Å². The van der Waals surface area contributed by atoms with E-state index in [9.17, 15) is 0 Å². The van der Waals surface area contributed by atoms with E-state index in [0.29, 0.717) is 0 Å². The minimum absolute atomic E-state index is 0.957. The Hall–Kier alpha value is -1.04. The molecule has 0 N–H and O–H groups in total. The van der Waals surface area contributed by atoms with Crippen LogP contribution < -0.4 is 0 Å². The van der Waals surface area contributed by atoms with E-state index >= 15 is 0 Å². The van der Waals surface area contributed by atoms with Crippen molar-refractivity contribution in [1.29, 1.82) is 0 Å². The fourth-order valence-electron chi connectivity index (χ4n) is 2.38. The van der Waals surface area contributed by atoms with Crippen molar-refractivity contribution in [3.63, 3.8) is 0 Å². The molecular weight excluding hydrogens is 180 g/mol. The highest BCUT2D eigenvalue weighted by Crippen LogP contribution is 2.26. The third-order valence-corrected chi connectivity index (χ3v) is 3.30. The summed E-state index contributed by atoms with van der Waals surface area (Å²) in [6, 6.07) is 10.6. The van der Waals surface area contributed by atoms with Crippen molar-refractivity contribution in [1.82, 2.24) is 0 Å². The maximum Gasteiger partial charge on any atom is -0.0260 e. The largest absolute Gasteiger partial charge is 0.0837 e. The van der Waals surface area contributed by atoms with E-state index in [2.05, 4.69) is 42.5 Å². The minimum atomic E-state index is 0.957. The Kier molecular flexibility index (Phi) is 4.01. The molecular formula is C15H20. The molecule has 0 amide bonds. The molecule has 0 heterocycles. The fraction of sp³-hybridized carbons (Fsp3) is 0.467. The first-order chi connectivity index (χ1) is 7.45. The number of rotatable bonds is 3. The lowest BCUT2D eigenvalue weighted by atomic mass is 9.87. The van der Waals surface area contributed by atoms with Crippen LogP contribution in [0.4, 0.5) is 0 Å². The van der Waals surface area contributed by atoms with Gasteiger partial charge in [0.15, 0.2) is 0 Å². The second-order valence-electron chi connectivity index (χ2n) is 4.55. The van der Waals surface area contributed by atoms with Crippen molar-refractivity contribution >= 4 is 6.08 Å². The van der Waals surface area contributed by atoms with Crippen LogP contribution in [0.25, 0.3) is 6.08 Å². The van der Waals surface area contributed by atoms with Gasteiger partial charge in [-0.2, -0.15) is 0 Å². The van der Waals surface area contributed by atoms with Gasteiger partial charge in [-0.1, -0.05) is 74.6 Å². The fourth-order valence-corrected chi connectivity index (χ4v) is 2.38. The van der Waals surface area contributed by atoms with Gasteiger partial charge in [-0.05, 0) is 17.9 Å². The van der Waals surface area contributed by atoms with Crippen molar-refractivity contribution in [3.05, 3.63) is 42.0 Å². The number of hydrogen-bond donors (Lipinski definition) is 0. The molecule has 1 aliphatic rings. The zero-order chi connectivity index (χ0) is 10.3. The molecule has 0 aliphatic heterocycles. The van der Waals surface area contributed by atoms with Crippen molar-refractivity contribution in [2.24, 2.45) is 5.92 Å². The molecule has 0 spiro atoms. The summed E-state index contributed by atoms with van der Waals surface area (Å²) in [5.74, 6) is 0.957. The smallest absolute Gasteiger partial charge is 0.0260 e. The molecule has 1 aliphatic carbocycles. The molecule has 0 radical (unpaired) electrons. The summed E-state index contributed by atoms with van der Waals surface area (Å²) in [7, 11) is 0. The molecule has 80 valence electrons. The minimum Gasteiger partial charge on any atom is -0.0837 e. The lowest BCUT2D eigenvalue weighted by molar-refractivity contribution is 0.362. The Labute approximate surface area is 93.0 Å².